The summed E-state index contributed by atoms with van der Waals surface area (Å²) in [6.45, 7) is 7.48. The van der Waals surface area contributed by atoms with Gasteiger partial charge in [0.1, 0.15) is 5.82 Å². The van der Waals surface area contributed by atoms with Gasteiger partial charge in [-0.25, -0.2) is 4.39 Å². The van der Waals surface area contributed by atoms with E-state index >= 15 is 0 Å². The molecule has 1 aromatic carbocycles. The van der Waals surface area contributed by atoms with Crippen LogP contribution in [0.3, 0.4) is 0 Å². The molecule has 1 saturated heterocycles. The lowest BCUT2D eigenvalue weighted by atomic mass is 10.0. The summed E-state index contributed by atoms with van der Waals surface area (Å²) < 4.78 is 15.1. The van der Waals surface area contributed by atoms with E-state index in [9.17, 15) is 4.39 Å². The first kappa shape index (κ1) is 16.9. The molecule has 0 radical (unpaired) electrons. The van der Waals surface area contributed by atoms with Gasteiger partial charge in [0.15, 0.2) is 0 Å². The van der Waals surface area contributed by atoms with Crippen molar-refractivity contribution in [3.05, 3.63) is 34.1 Å². The molecule has 21 heavy (non-hydrogen) atoms. The monoisotopic (exact) mass is 356 g/mol. The molecule has 0 aromatic heterocycles. The molecular weight excluding hydrogens is 331 g/mol. The van der Waals surface area contributed by atoms with Gasteiger partial charge >= 0.3 is 0 Å². The fourth-order valence-corrected chi connectivity index (χ4v) is 3.41. The third-order valence-corrected chi connectivity index (χ3v) is 4.87. The lowest BCUT2D eigenvalue weighted by molar-refractivity contribution is 0.186. The molecule has 4 heteroatoms. The minimum atomic E-state index is -0.105. The Labute approximate surface area is 136 Å². The van der Waals surface area contributed by atoms with Crippen molar-refractivity contribution >= 4 is 15.9 Å². The van der Waals surface area contributed by atoms with Crippen molar-refractivity contribution < 1.29 is 4.39 Å². The van der Waals surface area contributed by atoms with Crippen LogP contribution in [0.1, 0.15) is 51.1 Å². The summed E-state index contributed by atoms with van der Waals surface area (Å²) in [5.74, 6) is -0.105. The number of nitrogens with zero attached hydrogens (tertiary/aromatic N) is 1. The van der Waals surface area contributed by atoms with E-state index in [4.69, 9.17) is 0 Å². The number of benzene rings is 1. The van der Waals surface area contributed by atoms with Crippen molar-refractivity contribution in [1.29, 1.82) is 0 Å². The highest BCUT2D eigenvalue weighted by Gasteiger charge is 2.23. The Morgan fingerprint density at radius 3 is 2.95 bits per heavy atom. The number of halogens is 2. The number of nitrogens with one attached hydrogen (secondary N) is 1. The number of hydrogen-bond acceptors (Lipinski definition) is 2. The first-order valence-electron chi connectivity index (χ1n) is 8.04. The van der Waals surface area contributed by atoms with E-state index in [0.717, 1.165) is 36.1 Å². The third-order valence-electron chi connectivity index (χ3n) is 4.37. The molecule has 1 heterocycles. The highest BCUT2D eigenvalue weighted by molar-refractivity contribution is 9.10. The van der Waals surface area contributed by atoms with Crippen molar-refractivity contribution in [2.45, 2.75) is 51.6 Å². The number of rotatable bonds is 7. The van der Waals surface area contributed by atoms with Gasteiger partial charge in [0.05, 0.1) is 0 Å². The highest BCUT2D eigenvalue weighted by Crippen LogP contribution is 2.27. The van der Waals surface area contributed by atoms with Crippen LogP contribution in [-0.2, 0) is 0 Å². The van der Waals surface area contributed by atoms with Crippen LogP contribution in [0.15, 0.2) is 22.7 Å². The van der Waals surface area contributed by atoms with Crippen LogP contribution in [0.4, 0.5) is 4.39 Å². The zero-order valence-corrected chi connectivity index (χ0v) is 14.6. The maximum absolute atomic E-state index is 14.2. The largest absolute Gasteiger partial charge is 0.313 e. The van der Waals surface area contributed by atoms with Gasteiger partial charge < -0.3 is 5.32 Å². The molecule has 2 nitrogen and oxygen atoms in total. The average molecular weight is 357 g/mol. The van der Waals surface area contributed by atoms with Gasteiger partial charge in [0.2, 0.25) is 0 Å². The second-order valence-corrected chi connectivity index (χ2v) is 6.90. The van der Waals surface area contributed by atoms with Crippen LogP contribution in [0.5, 0.6) is 0 Å². The summed E-state index contributed by atoms with van der Waals surface area (Å²) >= 11 is 3.46. The first-order chi connectivity index (χ1) is 10.1. The lowest BCUT2D eigenvalue weighted by Gasteiger charge is -2.32. The van der Waals surface area contributed by atoms with Crippen molar-refractivity contribution in [2.75, 3.05) is 19.6 Å². The summed E-state index contributed by atoms with van der Waals surface area (Å²) in [5.41, 5.74) is 0.790. The van der Waals surface area contributed by atoms with Gasteiger partial charge in [0.25, 0.3) is 0 Å². The van der Waals surface area contributed by atoms with Crippen molar-refractivity contribution in [3.8, 4) is 0 Å². The maximum Gasteiger partial charge on any atom is 0.128 e. The summed E-state index contributed by atoms with van der Waals surface area (Å²) in [6.07, 6.45) is 4.82. The molecule has 0 spiro atoms. The van der Waals surface area contributed by atoms with E-state index in [0.29, 0.717) is 6.04 Å². The highest BCUT2D eigenvalue weighted by atomic mass is 79.9. The van der Waals surface area contributed by atoms with Gasteiger partial charge in [-0.1, -0.05) is 29.3 Å². The van der Waals surface area contributed by atoms with Crippen molar-refractivity contribution in [2.24, 2.45) is 0 Å². The van der Waals surface area contributed by atoms with Gasteiger partial charge in [0, 0.05) is 28.7 Å². The minimum Gasteiger partial charge on any atom is -0.313 e. The molecule has 2 atom stereocenters. The smallest absolute Gasteiger partial charge is 0.128 e. The summed E-state index contributed by atoms with van der Waals surface area (Å²) in [4.78, 5) is 2.43. The van der Waals surface area contributed by atoms with Crippen LogP contribution in [0, 0.1) is 5.82 Å². The van der Waals surface area contributed by atoms with Gasteiger partial charge in [-0.05, 0) is 57.5 Å². The Kier molecular flexibility index (Phi) is 6.65. The predicted octanol–water partition coefficient (Wildman–Crippen LogP) is 4.50. The molecule has 1 aromatic rings. The molecule has 1 N–H and O–H groups in total. The Morgan fingerprint density at radius 2 is 2.29 bits per heavy atom. The molecule has 0 bridgehead atoms. The van der Waals surface area contributed by atoms with Crippen molar-refractivity contribution in [1.82, 2.24) is 10.2 Å². The second kappa shape index (κ2) is 8.25. The van der Waals surface area contributed by atoms with E-state index in [2.05, 4.69) is 40.0 Å². The van der Waals surface area contributed by atoms with Crippen LogP contribution in [0.25, 0.3) is 0 Å². The molecule has 118 valence electrons. The Hall–Kier alpha value is -0.450. The van der Waals surface area contributed by atoms with Crippen LogP contribution in [-0.4, -0.2) is 30.6 Å². The molecular formula is C17H26BrFN2. The number of hydrogen-bond donors (Lipinski definition) is 1. The van der Waals surface area contributed by atoms with Crippen LogP contribution < -0.4 is 5.32 Å². The van der Waals surface area contributed by atoms with E-state index < -0.39 is 0 Å². The molecule has 0 aliphatic carbocycles. The molecule has 1 aliphatic heterocycles. The Morgan fingerprint density at radius 1 is 1.48 bits per heavy atom. The predicted molar refractivity (Wildman–Crippen MR) is 90.0 cm³/mol. The molecule has 2 unspecified atom stereocenters. The zero-order chi connectivity index (χ0) is 15.2. The SMILES string of the molecule is CCCCN(CC1CCCN1)C(C)c1cc(Br)ccc1F. The second-order valence-electron chi connectivity index (χ2n) is 5.98. The molecule has 0 saturated carbocycles. The Bertz CT molecular complexity index is 446. The topological polar surface area (TPSA) is 15.3 Å². The van der Waals surface area contributed by atoms with Crippen molar-refractivity contribution in [3.63, 3.8) is 0 Å². The van der Waals surface area contributed by atoms with E-state index in [1.54, 1.807) is 12.1 Å². The van der Waals surface area contributed by atoms with E-state index in [-0.39, 0.29) is 11.9 Å². The van der Waals surface area contributed by atoms with E-state index in [1.807, 2.05) is 6.07 Å². The van der Waals surface area contributed by atoms with Gasteiger partial charge in [-0.2, -0.15) is 0 Å². The third kappa shape index (κ3) is 4.76. The van der Waals surface area contributed by atoms with Gasteiger partial charge in [-0.3, -0.25) is 4.90 Å². The Balaban J connectivity index is 2.11. The fourth-order valence-electron chi connectivity index (χ4n) is 3.03. The first-order valence-corrected chi connectivity index (χ1v) is 8.83. The van der Waals surface area contributed by atoms with E-state index in [1.165, 1.54) is 19.3 Å². The maximum atomic E-state index is 14.2. The van der Waals surface area contributed by atoms with Crippen LogP contribution in [0.2, 0.25) is 0 Å². The van der Waals surface area contributed by atoms with Crippen LogP contribution >= 0.6 is 15.9 Å². The molecule has 0 amide bonds. The summed E-state index contributed by atoms with van der Waals surface area (Å²) in [6, 6.07) is 5.90. The standard InChI is InChI=1S/C17H26BrFN2/c1-3-4-10-21(12-15-6-5-9-20-15)13(2)16-11-14(18)7-8-17(16)19/h7-8,11,13,15,20H,3-6,9-10,12H2,1-2H3. The fraction of sp³-hybridized carbons (Fsp3) is 0.647. The average Bonchev–Trinajstić information content (AvgIpc) is 2.98. The molecule has 1 fully saturated rings. The lowest BCUT2D eigenvalue weighted by Crippen LogP contribution is -2.39. The summed E-state index contributed by atoms with van der Waals surface area (Å²) in [7, 11) is 0. The van der Waals surface area contributed by atoms with Gasteiger partial charge in [-0.15, -0.1) is 0 Å². The minimum absolute atomic E-state index is 0.105. The molecule has 1 aliphatic rings. The molecule has 2 rings (SSSR count). The number of unbranched alkanes of at least 4 members (excludes halogenated alkanes) is 1. The normalized spacial score (nSPS) is 20.1. The summed E-state index contributed by atoms with van der Waals surface area (Å²) in [5, 5.41) is 3.55. The zero-order valence-electron chi connectivity index (χ0n) is 13.0. The quantitative estimate of drug-likeness (QED) is 0.773.